The molecule has 3 rings (SSSR count). The van der Waals surface area contributed by atoms with E-state index in [1.165, 1.54) is 9.80 Å². The molecule has 2 saturated heterocycles. The molecule has 8 nitrogen and oxygen atoms in total. The van der Waals surface area contributed by atoms with Crippen molar-refractivity contribution < 1.29 is 28.9 Å². The summed E-state index contributed by atoms with van der Waals surface area (Å²) >= 11 is 0. The fourth-order valence-corrected chi connectivity index (χ4v) is 3.50. The topological polar surface area (TPSA) is 85.5 Å². The number of quaternary nitrogens is 2. The number of ether oxygens (including phenoxy) is 2. The molecule has 2 aliphatic rings. The van der Waals surface area contributed by atoms with Crippen LogP contribution < -0.4 is 20.4 Å². The molecule has 8 heteroatoms. The van der Waals surface area contributed by atoms with Crippen LogP contribution in [0.4, 0.5) is 0 Å². The number of benzene rings is 1. The number of rotatable bonds is 8. The van der Waals surface area contributed by atoms with Crippen molar-refractivity contribution in [3.8, 4) is 0 Å². The average molecular weight is 393 g/mol. The number of hydrogen-bond donors (Lipinski definition) is 4. The van der Waals surface area contributed by atoms with E-state index in [4.69, 9.17) is 9.47 Å². The molecular formula is C20H32N4O4+2. The van der Waals surface area contributed by atoms with Gasteiger partial charge in [-0.1, -0.05) is 0 Å². The number of amides is 2. The second-order valence-corrected chi connectivity index (χ2v) is 7.31. The van der Waals surface area contributed by atoms with Gasteiger partial charge in [-0.25, -0.2) is 0 Å². The molecule has 154 valence electrons. The van der Waals surface area contributed by atoms with Crippen molar-refractivity contribution in [1.29, 1.82) is 0 Å². The highest BCUT2D eigenvalue weighted by atomic mass is 16.5. The van der Waals surface area contributed by atoms with Gasteiger partial charge in [0.1, 0.15) is 26.2 Å². The first-order valence-electron chi connectivity index (χ1n) is 10.2. The predicted molar refractivity (Wildman–Crippen MR) is 104 cm³/mol. The minimum Gasteiger partial charge on any atom is -0.370 e. The summed E-state index contributed by atoms with van der Waals surface area (Å²) in [5.41, 5.74) is 1.15. The zero-order valence-electron chi connectivity index (χ0n) is 16.4. The molecule has 0 aromatic heterocycles. The first-order valence-corrected chi connectivity index (χ1v) is 10.2. The third-order valence-electron chi connectivity index (χ3n) is 5.34. The summed E-state index contributed by atoms with van der Waals surface area (Å²) in [6.45, 7) is 10.2. The van der Waals surface area contributed by atoms with Crippen molar-refractivity contribution in [3.63, 3.8) is 0 Å². The van der Waals surface area contributed by atoms with Crippen LogP contribution in [0, 0.1) is 0 Å². The van der Waals surface area contributed by atoms with Crippen molar-refractivity contribution in [1.82, 2.24) is 10.6 Å². The fourth-order valence-electron chi connectivity index (χ4n) is 3.50. The van der Waals surface area contributed by atoms with Gasteiger partial charge in [0.15, 0.2) is 0 Å². The molecule has 0 radical (unpaired) electrons. The Bertz CT molecular complexity index is 571. The lowest BCUT2D eigenvalue weighted by molar-refractivity contribution is -0.906. The molecule has 2 aliphatic heterocycles. The van der Waals surface area contributed by atoms with Crippen LogP contribution in [-0.2, 0) is 9.47 Å². The Hall–Kier alpha value is -2.00. The Morgan fingerprint density at radius 2 is 1.07 bits per heavy atom. The van der Waals surface area contributed by atoms with Gasteiger partial charge >= 0.3 is 0 Å². The summed E-state index contributed by atoms with van der Waals surface area (Å²) in [7, 11) is 0. The van der Waals surface area contributed by atoms with E-state index in [9.17, 15) is 9.59 Å². The third-order valence-corrected chi connectivity index (χ3v) is 5.34. The maximum atomic E-state index is 12.3. The molecule has 1 aromatic carbocycles. The van der Waals surface area contributed by atoms with Gasteiger partial charge in [0.25, 0.3) is 11.8 Å². The summed E-state index contributed by atoms with van der Waals surface area (Å²) in [4.78, 5) is 27.4. The van der Waals surface area contributed by atoms with Crippen LogP contribution in [0.5, 0.6) is 0 Å². The van der Waals surface area contributed by atoms with Crippen molar-refractivity contribution in [2.75, 3.05) is 78.8 Å². The molecule has 0 spiro atoms. The molecule has 1 aromatic rings. The molecule has 0 bridgehead atoms. The number of carbonyl (C=O) groups excluding carboxylic acids is 2. The monoisotopic (exact) mass is 392 g/mol. The quantitative estimate of drug-likeness (QED) is 0.379. The van der Waals surface area contributed by atoms with Crippen LogP contribution in [0.15, 0.2) is 24.3 Å². The van der Waals surface area contributed by atoms with Gasteiger partial charge in [0.05, 0.1) is 52.6 Å². The van der Waals surface area contributed by atoms with Crippen molar-refractivity contribution in [2.45, 2.75) is 0 Å². The van der Waals surface area contributed by atoms with Crippen LogP contribution in [0.1, 0.15) is 20.7 Å². The molecule has 0 unspecified atom stereocenters. The minimum absolute atomic E-state index is 0.101. The molecule has 2 amide bonds. The number of nitrogens with one attached hydrogen (secondary N) is 4. The van der Waals surface area contributed by atoms with E-state index in [-0.39, 0.29) is 11.8 Å². The second kappa shape index (κ2) is 11.1. The van der Waals surface area contributed by atoms with Crippen LogP contribution in [0.3, 0.4) is 0 Å². The Morgan fingerprint density at radius 3 is 1.43 bits per heavy atom. The Morgan fingerprint density at radius 1 is 0.714 bits per heavy atom. The summed E-state index contributed by atoms with van der Waals surface area (Å²) in [5, 5.41) is 5.90. The van der Waals surface area contributed by atoms with Gasteiger partial charge in [-0.3, -0.25) is 9.59 Å². The van der Waals surface area contributed by atoms with Gasteiger partial charge in [-0.05, 0) is 24.3 Å². The van der Waals surface area contributed by atoms with Crippen molar-refractivity contribution in [3.05, 3.63) is 35.4 Å². The van der Waals surface area contributed by atoms with Gasteiger partial charge in [0.2, 0.25) is 0 Å². The fraction of sp³-hybridized carbons (Fsp3) is 0.600. The molecule has 2 heterocycles. The van der Waals surface area contributed by atoms with E-state index in [1.807, 2.05) is 0 Å². The Balaban J connectivity index is 1.36. The average Bonchev–Trinajstić information content (AvgIpc) is 2.75. The maximum Gasteiger partial charge on any atom is 0.251 e. The lowest BCUT2D eigenvalue weighted by Gasteiger charge is -2.23. The highest BCUT2D eigenvalue weighted by molar-refractivity contribution is 5.97. The smallest absolute Gasteiger partial charge is 0.251 e. The molecule has 0 saturated carbocycles. The minimum atomic E-state index is -0.101. The van der Waals surface area contributed by atoms with Crippen LogP contribution >= 0.6 is 0 Å². The summed E-state index contributed by atoms with van der Waals surface area (Å²) in [6, 6.07) is 6.83. The largest absolute Gasteiger partial charge is 0.370 e. The highest BCUT2D eigenvalue weighted by Gasteiger charge is 2.15. The number of hydrogen-bond acceptors (Lipinski definition) is 4. The first kappa shape index (κ1) is 20.7. The first-order chi connectivity index (χ1) is 13.7. The van der Waals surface area contributed by atoms with E-state index >= 15 is 0 Å². The van der Waals surface area contributed by atoms with Crippen LogP contribution in [-0.4, -0.2) is 90.6 Å². The standard InChI is InChI=1S/C20H30N4O4/c25-19(21-5-7-23-9-13-27-14-10-23)17-1-2-18(4-3-17)20(26)22-6-8-24-11-15-28-16-12-24/h1-4H,5-16H2,(H,21,25)(H,22,26)/p+2. The van der Waals surface area contributed by atoms with Crippen LogP contribution in [0.2, 0.25) is 0 Å². The SMILES string of the molecule is O=C(NCC[NH+]1CCOCC1)c1ccc(C(=O)NCC[NH+]2CCOCC2)cc1. The van der Waals surface area contributed by atoms with E-state index in [0.717, 1.165) is 65.7 Å². The summed E-state index contributed by atoms with van der Waals surface area (Å²) < 4.78 is 10.7. The third kappa shape index (κ3) is 6.56. The molecule has 0 aliphatic carbocycles. The molecule has 0 atom stereocenters. The lowest BCUT2D eigenvalue weighted by atomic mass is 10.1. The van der Waals surface area contributed by atoms with Gasteiger partial charge in [-0.2, -0.15) is 0 Å². The molecule has 28 heavy (non-hydrogen) atoms. The molecular weight excluding hydrogens is 360 g/mol. The molecule has 4 N–H and O–H groups in total. The Kier molecular flexibility index (Phi) is 8.23. The summed E-state index contributed by atoms with van der Waals surface area (Å²) in [6.07, 6.45) is 0. The molecule has 2 fully saturated rings. The summed E-state index contributed by atoms with van der Waals surface area (Å²) in [5.74, 6) is -0.203. The zero-order chi connectivity index (χ0) is 19.6. The Labute approximate surface area is 166 Å². The normalized spacial score (nSPS) is 18.6. The van der Waals surface area contributed by atoms with E-state index in [2.05, 4.69) is 10.6 Å². The van der Waals surface area contributed by atoms with Gasteiger partial charge < -0.3 is 29.9 Å². The zero-order valence-corrected chi connectivity index (χ0v) is 16.4. The number of morpholine rings is 2. The van der Waals surface area contributed by atoms with Gasteiger partial charge in [-0.15, -0.1) is 0 Å². The number of carbonyl (C=O) groups is 2. The van der Waals surface area contributed by atoms with E-state index < -0.39 is 0 Å². The van der Waals surface area contributed by atoms with Crippen molar-refractivity contribution >= 4 is 11.8 Å². The van der Waals surface area contributed by atoms with E-state index in [1.54, 1.807) is 24.3 Å². The second-order valence-electron chi connectivity index (χ2n) is 7.31. The predicted octanol–water partition coefficient (Wildman–Crippen LogP) is -3.02. The van der Waals surface area contributed by atoms with Crippen molar-refractivity contribution in [2.24, 2.45) is 0 Å². The highest BCUT2D eigenvalue weighted by Crippen LogP contribution is 2.04. The maximum absolute atomic E-state index is 12.3. The van der Waals surface area contributed by atoms with E-state index in [0.29, 0.717) is 24.2 Å². The van der Waals surface area contributed by atoms with Gasteiger partial charge in [0, 0.05) is 11.1 Å². The lowest BCUT2D eigenvalue weighted by Crippen LogP contribution is -3.14. The van der Waals surface area contributed by atoms with Crippen LogP contribution in [0.25, 0.3) is 0 Å².